The van der Waals surface area contributed by atoms with Crippen molar-refractivity contribution in [2.24, 2.45) is 0 Å². The lowest BCUT2D eigenvalue weighted by atomic mass is 10.1. The smallest absolute Gasteiger partial charge is 0.224 e. The van der Waals surface area contributed by atoms with Gasteiger partial charge in [0.25, 0.3) is 0 Å². The summed E-state index contributed by atoms with van der Waals surface area (Å²) >= 11 is 3.47. The van der Waals surface area contributed by atoms with Crippen LogP contribution in [-0.4, -0.2) is 43.7 Å². The fourth-order valence-electron chi connectivity index (χ4n) is 2.26. The van der Waals surface area contributed by atoms with Crippen LogP contribution in [0.1, 0.15) is 24.9 Å². The number of halogens is 1. The number of amides is 1. The van der Waals surface area contributed by atoms with E-state index >= 15 is 0 Å². The van der Waals surface area contributed by atoms with Crippen molar-refractivity contribution in [1.29, 1.82) is 0 Å². The molecule has 110 valence electrons. The molecule has 1 aromatic rings. The zero-order chi connectivity index (χ0) is 14.4. The maximum Gasteiger partial charge on any atom is 0.224 e. The van der Waals surface area contributed by atoms with Crippen LogP contribution in [0.4, 0.5) is 0 Å². The first-order valence-electron chi connectivity index (χ1n) is 7.01. The third kappa shape index (κ3) is 4.58. The molecule has 2 rings (SSSR count). The summed E-state index contributed by atoms with van der Waals surface area (Å²) in [5.41, 5.74) is 1.22. The maximum atomic E-state index is 12.0. The molecule has 0 aliphatic carbocycles. The molecular weight excluding hydrogens is 320 g/mol. The lowest BCUT2D eigenvalue weighted by molar-refractivity contribution is -0.135. The van der Waals surface area contributed by atoms with Gasteiger partial charge in [-0.1, -0.05) is 28.1 Å². The van der Waals surface area contributed by atoms with Crippen LogP contribution in [0.25, 0.3) is 0 Å². The van der Waals surface area contributed by atoms with E-state index in [1.807, 2.05) is 17.0 Å². The van der Waals surface area contributed by atoms with Crippen molar-refractivity contribution < 1.29 is 9.53 Å². The molecule has 0 radical (unpaired) electrons. The Kier molecular flexibility index (Phi) is 6.01. The molecule has 1 amide bonds. The van der Waals surface area contributed by atoms with E-state index in [1.165, 1.54) is 5.56 Å². The van der Waals surface area contributed by atoms with Crippen LogP contribution >= 0.6 is 15.9 Å². The number of carbonyl (C=O) groups is 1. The molecule has 1 heterocycles. The van der Waals surface area contributed by atoms with Gasteiger partial charge in [0, 0.05) is 36.6 Å². The highest BCUT2D eigenvalue weighted by Crippen LogP contribution is 2.17. The Bertz CT molecular complexity index is 447. The summed E-state index contributed by atoms with van der Waals surface area (Å²) in [6.45, 7) is 5.58. The highest BCUT2D eigenvalue weighted by Gasteiger charge is 2.16. The Hall–Kier alpha value is -0.910. The molecule has 1 atom stereocenters. The molecular formula is C15H21BrN2O2. The second-order valence-electron chi connectivity index (χ2n) is 4.97. The fraction of sp³-hybridized carbons (Fsp3) is 0.533. The monoisotopic (exact) mass is 340 g/mol. The number of morpholine rings is 1. The highest BCUT2D eigenvalue weighted by atomic mass is 79.9. The minimum Gasteiger partial charge on any atom is -0.378 e. The van der Waals surface area contributed by atoms with Crippen molar-refractivity contribution in [3.8, 4) is 0 Å². The van der Waals surface area contributed by atoms with E-state index < -0.39 is 0 Å². The Morgan fingerprint density at radius 2 is 2.20 bits per heavy atom. The SMILES string of the molecule is CC(NCCC(=O)N1CCOCC1)c1cccc(Br)c1. The Labute approximate surface area is 128 Å². The molecule has 1 unspecified atom stereocenters. The molecule has 0 saturated carbocycles. The van der Waals surface area contributed by atoms with E-state index in [0.29, 0.717) is 26.2 Å². The molecule has 1 N–H and O–H groups in total. The molecule has 1 aliphatic heterocycles. The zero-order valence-corrected chi connectivity index (χ0v) is 13.4. The predicted octanol–water partition coefficient (Wildman–Crippen LogP) is 2.35. The van der Waals surface area contributed by atoms with Crippen molar-refractivity contribution in [1.82, 2.24) is 10.2 Å². The molecule has 0 spiro atoms. The van der Waals surface area contributed by atoms with Gasteiger partial charge in [-0.25, -0.2) is 0 Å². The van der Waals surface area contributed by atoms with Gasteiger partial charge >= 0.3 is 0 Å². The quantitative estimate of drug-likeness (QED) is 0.894. The summed E-state index contributed by atoms with van der Waals surface area (Å²) in [6.07, 6.45) is 0.540. The van der Waals surface area contributed by atoms with Gasteiger partial charge in [0.05, 0.1) is 13.2 Å². The van der Waals surface area contributed by atoms with Gasteiger partial charge in [-0.3, -0.25) is 4.79 Å². The third-order valence-electron chi connectivity index (χ3n) is 3.50. The second-order valence-corrected chi connectivity index (χ2v) is 5.89. The van der Waals surface area contributed by atoms with Crippen LogP contribution in [0.5, 0.6) is 0 Å². The van der Waals surface area contributed by atoms with E-state index in [1.54, 1.807) is 0 Å². The van der Waals surface area contributed by atoms with Crippen molar-refractivity contribution in [2.75, 3.05) is 32.8 Å². The summed E-state index contributed by atoms with van der Waals surface area (Å²) in [5.74, 6) is 0.210. The lowest BCUT2D eigenvalue weighted by Gasteiger charge is -2.27. The van der Waals surface area contributed by atoms with Crippen molar-refractivity contribution in [2.45, 2.75) is 19.4 Å². The first-order valence-corrected chi connectivity index (χ1v) is 7.80. The Morgan fingerprint density at radius 1 is 1.45 bits per heavy atom. The summed E-state index contributed by atoms with van der Waals surface area (Å²) in [4.78, 5) is 13.9. The average Bonchev–Trinajstić information content (AvgIpc) is 2.48. The standard InChI is InChI=1S/C15H21BrN2O2/c1-12(13-3-2-4-14(16)11-13)17-6-5-15(19)18-7-9-20-10-8-18/h2-4,11-12,17H,5-10H2,1H3. The minimum atomic E-state index is 0.210. The minimum absolute atomic E-state index is 0.210. The van der Waals surface area contributed by atoms with Gasteiger partial charge in [0.15, 0.2) is 0 Å². The normalized spacial score (nSPS) is 17.0. The molecule has 1 aromatic carbocycles. The average molecular weight is 341 g/mol. The van der Waals surface area contributed by atoms with Gasteiger partial charge in [0.1, 0.15) is 0 Å². The Morgan fingerprint density at radius 3 is 2.90 bits per heavy atom. The number of rotatable bonds is 5. The van der Waals surface area contributed by atoms with Gasteiger partial charge in [-0.15, -0.1) is 0 Å². The summed E-state index contributed by atoms with van der Waals surface area (Å²) in [5, 5.41) is 3.40. The Balaban J connectivity index is 1.73. The number of ether oxygens (including phenoxy) is 1. The van der Waals surface area contributed by atoms with Crippen LogP contribution < -0.4 is 5.32 Å². The van der Waals surface area contributed by atoms with E-state index in [9.17, 15) is 4.79 Å². The van der Waals surface area contributed by atoms with Crippen LogP contribution in [-0.2, 0) is 9.53 Å². The van der Waals surface area contributed by atoms with Gasteiger partial charge < -0.3 is 15.0 Å². The summed E-state index contributed by atoms with van der Waals surface area (Å²) in [6, 6.07) is 8.47. The second kappa shape index (κ2) is 7.76. The zero-order valence-electron chi connectivity index (χ0n) is 11.8. The fourth-order valence-corrected chi connectivity index (χ4v) is 2.68. The largest absolute Gasteiger partial charge is 0.378 e. The van der Waals surface area contributed by atoms with Crippen molar-refractivity contribution in [3.63, 3.8) is 0 Å². The first-order chi connectivity index (χ1) is 9.66. The van der Waals surface area contributed by atoms with Crippen LogP contribution in [0, 0.1) is 0 Å². The molecule has 4 nitrogen and oxygen atoms in total. The summed E-state index contributed by atoms with van der Waals surface area (Å²) < 4.78 is 6.32. The maximum absolute atomic E-state index is 12.0. The summed E-state index contributed by atoms with van der Waals surface area (Å²) in [7, 11) is 0. The molecule has 0 bridgehead atoms. The number of carbonyl (C=O) groups excluding carboxylic acids is 1. The molecule has 1 saturated heterocycles. The molecule has 5 heteroatoms. The number of nitrogens with one attached hydrogen (secondary N) is 1. The van der Waals surface area contributed by atoms with Gasteiger partial charge in [-0.05, 0) is 24.6 Å². The first kappa shape index (κ1) is 15.5. The number of hydrogen-bond donors (Lipinski definition) is 1. The lowest BCUT2D eigenvalue weighted by Crippen LogP contribution is -2.41. The third-order valence-corrected chi connectivity index (χ3v) is 4.00. The highest BCUT2D eigenvalue weighted by molar-refractivity contribution is 9.10. The van der Waals surface area contributed by atoms with Crippen molar-refractivity contribution in [3.05, 3.63) is 34.3 Å². The molecule has 20 heavy (non-hydrogen) atoms. The van der Waals surface area contributed by atoms with Gasteiger partial charge in [0.2, 0.25) is 5.91 Å². The van der Waals surface area contributed by atoms with E-state index in [4.69, 9.17) is 4.74 Å². The van der Waals surface area contributed by atoms with Crippen LogP contribution in [0.3, 0.4) is 0 Å². The van der Waals surface area contributed by atoms with E-state index in [2.05, 4.69) is 40.3 Å². The molecule has 0 aromatic heterocycles. The van der Waals surface area contributed by atoms with Gasteiger partial charge in [-0.2, -0.15) is 0 Å². The van der Waals surface area contributed by atoms with Crippen LogP contribution in [0.2, 0.25) is 0 Å². The van der Waals surface area contributed by atoms with E-state index in [0.717, 1.165) is 17.6 Å². The van der Waals surface area contributed by atoms with Crippen molar-refractivity contribution >= 4 is 21.8 Å². The molecule has 1 fully saturated rings. The number of benzene rings is 1. The van der Waals surface area contributed by atoms with E-state index in [-0.39, 0.29) is 11.9 Å². The predicted molar refractivity (Wildman–Crippen MR) is 82.6 cm³/mol. The molecule has 1 aliphatic rings. The van der Waals surface area contributed by atoms with Crippen LogP contribution in [0.15, 0.2) is 28.7 Å². The number of nitrogens with zero attached hydrogens (tertiary/aromatic N) is 1. The number of hydrogen-bond acceptors (Lipinski definition) is 3. The topological polar surface area (TPSA) is 41.6 Å².